The third-order valence-electron chi connectivity index (χ3n) is 3.52. The van der Waals surface area contributed by atoms with Crippen molar-refractivity contribution in [1.29, 1.82) is 0 Å². The van der Waals surface area contributed by atoms with Crippen LogP contribution in [0.2, 0.25) is 0 Å². The van der Waals surface area contributed by atoms with Crippen molar-refractivity contribution in [3.63, 3.8) is 0 Å². The quantitative estimate of drug-likeness (QED) is 0.649. The predicted molar refractivity (Wildman–Crippen MR) is 81.4 cm³/mol. The van der Waals surface area contributed by atoms with Gasteiger partial charge in [-0.05, 0) is 25.0 Å². The molecule has 0 saturated carbocycles. The van der Waals surface area contributed by atoms with Gasteiger partial charge in [-0.1, -0.05) is 64.2 Å². The zero-order valence-electron chi connectivity index (χ0n) is 12.3. The summed E-state index contributed by atoms with van der Waals surface area (Å²) in [6, 6.07) is 9.78. The van der Waals surface area contributed by atoms with Gasteiger partial charge >= 0.3 is 0 Å². The van der Waals surface area contributed by atoms with Crippen molar-refractivity contribution in [1.82, 2.24) is 5.32 Å². The van der Waals surface area contributed by atoms with E-state index >= 15 is 0 Å². The lowest BCUT2D eigenvalue weighted by atomic mass is 10.0. The second kappa shape index (κ2) is 9.60. The third-order valence-corrected chi connectivity index (χ3v) is 3.52. The summed E-state index contributed by atoms with van der Waals surface area (Å²) in [5.41, 5.74) is 0.756. The van der Waals surface area contributed by atoms with E-state index in [1.54, 1.807) is 0 Å². The monoisotopic (exact) mass is 261 g/mol. The summed E-state index contributed by atoms with van der Waals surface area (Å²) < 4.78 is 0. The summed E-state index contributed by atoms with van der Waals surface area (Å²) in [4.78, 5) is 12.0. The van der Waals surface area contributed by atoms with Crippen LogP contribution in [-0.4, -0.2) is 11.9 Å². The summed E-state index contributed by atoms with van der Waals surface area (Å²) in [5.74, 6) is 0.0565. The van der Waals surface area contributed by atoms with Gasteiger partial charge in [0.05, 0.1) is 0 Å². The van der Waals surface area contributed by atoms with Crippen LogP contribution in [0.1, 0.15) is 69.2 Å². The highest BCUT2D eigenvalue weighted by Gasteiger charge is 2.11. The Morgan fingerprint density at radius 3 is 2.37 bits per heavy atom. The van der Waals surface area contributed by atoms with Gasteiger partial charge in [0.15, 0.2) is 0 Å². The number of nitrogens with one attached hydrogen (secondary N) is 1. The van der Waals surface area contributed by atoms with Crippen LogP contribution in [0.15, 0.2) is 30.3 Å². The predicted octanol–water partition coefficient (Wildman–Crippen LogP) is 4.56. The molecular formula is C17H27NO. The van der Waals surface area contributed by atoms with Crippen LogP contribution in [0.4, 0.5) is 0 Å². The number of carbonyl (C=O) groups excluding carboxylic acids is 1. The number of hydrogen-bond acceptors (Lipinski definition) is 1. The van der Waals surface area contributed by atoms with Crippen LogP contribution < -0.4 is 5.32 Å². The molecule has 1 N–H and O–H groups in total. The van der Waals surface area contributed by atoms with Crippen LogP contribution in [0, 0.1) is 0 Å². The van der Waals surface area contributed by atoms with Crippen LogP contribution in [-0.2, 0) is 0 Å². The Hall–Kier alpha value is -1.31. The first kappa shape index (κ1) is 15.7. The Balaban J connectivity index is 2.30. The summed E-state index contributed by atoms with van der Waals surface area (Å²) >= 11 is 0. The molecule has 0 fully saturated rings. The lowest BCUT2D eigenvalue weighted by Gasteiger charge is -2.17. The molecule has 0 spiro atoms. The molecule has 0 aliphatic heterocycles. The van der Waals surface area contributed by atoms with E-state index in [0.717, 1.165) is 18.4 Å². The van der Waals surface area contributed by atoms with E-state index in [-0.39, 0.29) is 5.91 Å². The van der Waals surface area contributed by atoms with Crippen molar-refractivity contribution in [3.8, 4) is 0 Å². The van der Waals surface area contributed by atoms with Crippen LogP contribution in [0.5, 0.6) is 0 Å². The highest BCUT2D eigenvalue weighted by Crippen LogP contribution is 2.10. The van der Waals surface area contributed by atoms with Crippen molar-refractivity contribution in [2.24, 2.45) is 0 Å². The maximum atomic E-state index is 12.0. The summed E-state index contributed by atoms with van der Waals surface area (Å²) in [6.45, 7) is 4.37. The molecule has 1 aromatic rings. The average molecular weight is 261 g/mol. The number of rotatable bonds is 9. The molecule has 0 bridgehead atoms. The van der Waals surface area contributed by atoms with E-state index in [1.165, 1.54) is 32.1 Å². The van der Waals surface area contributed by atoms with Gasteiger partial charge in [-0.3, -0.25) is 4.79 Å². The summed E-state index contributed by atoms with van der Waals surface area (Å²) in [5, 5.41) is 3.13. The zero-order chi connectivity index (χ0) is 13.9. The first-order valence-corrected chi connectivity index (χ1v) is 7.63. The van der Waals surface area contributed by atoms with Crippen molar-refractivity contribution < 1.29 is 4.79 Å². The smallest absolute Gasteiger partial charge is 0.251 e. The van der Waals surface area contributed by atoms with Gasteiger partial charge in [0.1, 0.15) is 0 Å². The van der Waals surface area contributed by atoms with Crippen molar-refractivity contribution in [3.05, 3.63) is 35.9 Å². The molecule has 0 heterocycles. The molecule has 0 aliphatic rings. The van der Waals surface area contributed by atoms with Crippen LogP contribution >= 0.6 is 0 Å². The number of benzene rings is 1. The molecule has 1 unspecified atom stereocenters. The van der Waals surface area contributed by atoms with Gasteiger partial charge in [0, 0.05) is 11.6 Å². The average Bonchev–Trinajstić information content (AvgIpc) is 2.46. The molecule has 0 aromatic heterocycles. The topological polar surface area (TPSA) is 29.1 Å². The minimum Gasteiger partial charge on any atom is -0.349 e. The van der Waals surface area contributed by atoms with E-state index in [0.29, 0.717) is 6.04 Å². The summed E-state index contributed by atoms with van der Waals surface area (Å²) in [7, 11) is 0. The highest BCUT2D eigenvalue weighted by molar-refractivity contribution is 5.94. The standard InChI is InChI=1S/C17H27NO/c1-3-5-6-7-11-14-16(4-2)18-17(19)15-12-9-8-10-13-15/h8-10,12-13,16H,3-7,11,14H2,1-2H3,(H,18,19). The zero-order valence-corrected chi connectivity index (χ0v) is 12.3. The van der Waals surface area contributed by atoms with Gasteiger partial charge in [-0.15, -0.1) is 0 Å². The molecule has 106 valence electrons. The maximum absolute atomic E-state index is 12.0. The molecule has 2 nitrogen and oxygen atoms in total. The minimum absolute atomic E-state index is 0.0565. The fourth-order valence-electron chi connectivity index (χ4n) is 2.23. The highest BCUT2D eigenvalue weighted by atomic mass is 16.1. The van der Waals surface area contributed by atoms with Crippen molar-refractivity contribution in [2.75, 3.05) is 0 Å². The normalized spacial score (nSPS) is 12.1. The Kier molecular flexibility index (Phi) is 7.95. The summed E-state index contributed by atoms with van der Waals surface area (Å²) in [6.07, 6.45) is 8.53. The van der Waals surface area contributed by atoms with Crippen molar-refractivity contribution >= 4 is 5.91 Å². The lowest BCUT2D eigenvalue weighted by Crippen LogP contribution is -2.34. The number of unbranched alkanes of at least 4 members (excludes halogenated alkanes) is 4. The Labute approximate surface area is 117 Å². The van der Waals surface area contributed by atoms with Crippen molar-refractivity contribution in [2.45, 2.75) is 64.8 Å². The van der Waals surface area contributed by atoms with Crippen LogP contribution in [0.25, 0.3) is 0 Å². The Morgan fingerprint density at radius 2 is 1.74 bits per heavy atom. The van der Waals surface area contributed by atoms with Gasteiger partial charge < -0.3 is 5.32 Å². The van der Waals surface area contributed by atoms with E-state index in [2.05, 4.69) is 19.2 Å². The number of amides is 1. The third kappa shape index (κ3) is 6.42. The molecule has 1 atom stereocenters. The minimum atomic E-state index is 0.0565. The fourth-order valence-corrected chi connectivity index (χ4v) is 2.23. The maximum Gasteiger partial charge on any atom is 0.251 e. The first-order valence-electron chi connectivity index (χ1n) is 7.63. The molecule has 1 aromatic carbocycles. The largest absolute Gasteiger partial charge is 0.349 e. The van der Waals surface area contributed by atoms with E-state index in [4.69, 9.17) is 0 Å². The van der Waals surface area contributed by atoms with Gasteiger partial charge in [0.2, 0.25) is 0 Å². The lowest BCUT2D eigenvalue weighted by molar-refractivity contribution is 0.0933. The van der Waals surface area contributed by atoms with E-state index < -0.39 is 0 Å². The van der Waals surface area contributed by atoms with Gasteiger partial charge in [-0.2, -0.15) is 0 Å². The Bertz CT molecular complexity index is 348. The van der Waals surface area contributed by atoms with Gasteiger partial charge in [-0.25, -0.2) is 0 Å². The molecule has 1 rings (SSSR count). The molecule has 19 heavy (non-hydrogen) atoms. The molecule has 0 saturated heterocycles. The van der Waals surface area contributed by atoms with Gasteiger partial charge in [0.25, 0.3) is 5.91 Å². The second-order valence-corrected chi connectivity index (χ2v) is 5.15. The molecule has 2 heteroatoms. The first-order chi connectivity index (χ1) is 9.27. The molecule has 1 amide bonds. The Morgan fingerprint density at radius 1 is 1.05 bits per heavy atom. The fraction of sp³-hybridized carbons (Fsp3) is 0.588. The SMILES string of the molecule is CCCCCCCC(CC)NC(=O)c1ccccc1. The van der Waals surface area contributed by atoms with Crippen LogP contribution in [0.3, 0.4) is 0 Å². The second-order valence-electron chi connectivity index (χ2n) is 5.15. The molecule has 0 radical (unpaired) electrons. The van der Waals surface area contributed by atoms with E-state index in [9.17, 15) is 4.79 Å². The number of hydrogen-bond donors (Lipinski definition) is 1. The molecular weight excluding hydrogens is 234 g/mol. The molecule has 0 aliphatic carbocycles. The van der Waals surface area contributed by atoms with E-state index in [1.807, 2.05) is 30.3 Å². The number of carbonyl (C=O) groups is 1.